The second-order valence-electron chi connectivity index (χ2n) is 3.23. The molecule has 16 heavy (non-hydrogen) atoms. The molecule has 0 heterocycles. The topological polar surface area (TPSA) is 0 Å². The predicted molar refractivity (Wildman–Crippen MR) is 68.0 cm³/mol. The van der Waals surface area contributed by atoms with Crippen LogP contribution < -0.4 is 0 Å². The maximum absolute atomic E-state index is 2.16. The fourth-order valence-electron chi connectivity index (χ4n) is 1.38. The van der Waals surface area contributed by atoms with Crippen molar-refractivity contribution in [2.24, 2.45) is 0 Å². The van der Waals surface area contributed by atoms with Gasteiger partial charge in [-0.25, -0.2) is 0 Å². The van der Waals surface area contributed by atoms with Gasteiger partial charge < -0.3 is 0 Å². The van der Waals surface area contributed by atoms with Crippen LogP contribution in [-0.4, -0.2) is 0 Å². The average Bonchev–Trinajstić information content (AvgIpc) is 2.34. The largest absolute Gasteiger partial charge is 0.0683 e. The number of rotatable bonds is 1. The standard InChI is InChI=1S/C13H12.C2H6.U/c1-11-7-9-13(10-8-11)12-5-3-2-4-6-12;1-2;/h2-10H,1H3;1-2H3;. The van der Waals surface area contributed by atoms with Crippen LogP contribution in [0.25, 0.3) is 11.1 Å². The maximum atomic E-state index is 2.16. The Bertz CT molecular complexity index is 376. The molecule has 0 atom stereocenters. The van der Waals surface area contributed by atoms with Crippen molar-refractivity contribution < 1.29 is 31.1 Å². The average molecular weight is 436 g/mol. The first-order valence-corrected chi connectivity index (χ1v) is 5.48. The summed E-state index contributed by atoms with van der Waals surface area (Å²) in [6, 6.07) is 19.0. The Morgan fingerprint density at radius 1 is 0.625 bits per heavy atom. The van der Waals surface area contributed by atoms with E-state index in [1.807, 2.05) is 19.9 Å². The molecule has 0 spiro atoms. The van der Waals surface area contributed by atoms with E-state index in [2.05, 4.69) is 55.5 Å². The molecule has 0 aliphatic carbocycles. The van der Waals surface area contributed by atoms with Crippen molar-refractivity contribution in [3.8, 4) is 11.1 Å². The molecule has 0 unspecified atom stereocenters. The summed E-state index contributed by atoms with van der Waals surface area (Å²) in [6.07, 6.45) is 0. The van der Waals surface area contributed by atoms with Crippen molar-refractivity contribution in [2.45, 2.75) is 20.8 Å². The minimum Gasteiger partial charge on any atom is -0.0683 e. The van der Waals surface area contributed by atoms with Gasteiger partial charge in [0.15, 0.2) is 0 Å². The summed E-state index contributed by atoms with van der Waals surface area (Å²) in [6.45, 7) is 6.11. The number of hydrogen-bond donors (Lipinski definition) is 0. The van der Waals surface area contributed by atoms with Gasteiger partial charge in [0.05, 0.1) is 0 Å². The number of hydrogen-bond acceptors (Lipinski definition) is 0. The Balaban J connectivity index is 0.000000711. The van der Waals surface area contributed by atoms with Crippen molar-refractivity contribution in [3.05, 3.63) is 60.2 Å². The molecule has 0 nitrogen and oxygen atoms in total. The molecule has 0 saturated carbocycles. The van der Waals surface area contributed by atoms with Gasteiger partial charge in [-0.1, -0.05) is 74.0 Å². The van der Waals surface area contributed by atoms with Crippen LogP contribution in [0.4, 0.5) is 0 Å². The zero-order valence-electron chi connectivity index (χ0n) is 10.2. The smallest absolute Gasteiger partial charge is 0 e. The second-order valence-corrected chi connectivity index (χ2v) is 3.23. The SMILES string of the molecule is CC.Cc1ccc(-c2ccccc2)cc1.[U]. The van der Waals surface area contributed by atoms with Crippen LogP contribution >= 0.6 is 0 Å². The van der Waals surface area contributed by atoms with E-state index < -0.39 is 0 Å². The maximum Gasteiger partial charge on any atom is 0 e. The zero-order chi connectivity index (χ0) is 11.1. The molecule has 0 aliphatic heterocycles. The van der Waals surface area contributed by atoms with Crippen LogP contribution in [0.5, 0.6) is 0 Å². The van der Waals surface area contributed by atoms with Crippen molar-refractivity contribution in [1.29, 1.82) is 0 Å². The van der Waals surface area contributed by atoms with Gasteiger partial charge in [0.1, 0.15) is 0 Å². The van der Waals surface area contributed by atoms with Gasteiger partial charge in [-0.2, -0.15) is 0 Å². The van der Waals surface area contributed by atoms with Gasteiger partial charge in [-0.3, -0.25) is 0 Å². The zero-order valence-corrected chi connectivity index (χ0v) is 14.4. The van der Waals surface area contributed by atoms with Crippen LogP contribution in [0.15, 0.2) is 54.6 Å². The minimum absolute atomic E-state index is 0. The summed E-state index contributed by atoms with van der Waals surface area (Å²) in [4.78, 5) is 0. The Labute approximate surface area is 122 Å². The van der Waals surface area contributed by atoms with Crippen LogP contribution in [0.2, 0.25) is 0 Å². The van der Waals surface area contributed by atoms with Crippen LogP contribution in [0.1, 0.15) is 19.4 Å². The second kappa shape index (κ2) is 8.62. The Morgan fingerprint density at radius 2 is 1.06 bits per heavy atom. The van der Waals surface area contributed by atoms with Crippen molar-refractivity contribution in [2.75, 3.05) is 0 Å². The quantitative estimate of drug-likeness (QED) is 0.609. The third-order valence-corrected chi connectivity index (χ3v) is 2.16. The molecule has 0 saturated heterocycles. The molecule has 0 amide bonds. The Morgan fingerprint density at radius 3 is 1.56 bits per heavy atom. The van der Waals surface area contributed by atoms with Gasteiger partial charge >= 0.3 is 0 Å². The molecule has 0 radical (unpaired) electrons. The molecule has 1 heteroatoms. The molecule has 0 fully saturated rings. The van der Waals surface area contributed by atoms with Crippen molar-refractivity contribution in [1.82, 2.24) is 0 Å². The third kappa shape index (κ3) is 4.56. The Hall–Kier alpha value is -0.508. The van der Waals surface area contributed by atoms with Gasteiger partial charge in [0.25, 0.3) is 0 Å². The van der Waals surface area contributed by atoms with E-state index in [0.717, 1.165) is 0 Å². The van der Waals surface area contributed by atoms with E-state index >= 15 is 0 Å². The van der Waals surface area contributed by atoms with E-state index in [1.54, 1.807) is 0 Å². The predicted octanol–water partition coefficient (Wildman–Crippen LogP) is 4.69. The molecule has 0 aromatic heterocycles. The summed E-state index contributed by atoms with van der Waals surface area (Å²) in [7, 11) is 0. The number of aryl methyl sites for hydroxylation is 1. The molecule has 0 N–H and O–H groups in total. The monoisotopic (exact) mass is 436 g/mol. The van der Waals surface area contributed by atoms with E-state index in [1.165, 1.54) is 16.7 Å². The summed E-state index contributed by atoms with van der Waals surface area (Å²) in [5, 5.41) is 0. The molecular weight excluding hydrogens is 418 g/mol. The molecule has 0 bridgehead atoms. The molecule has 2 rings (SSSR count). The number of benzene rings is 2. The molecule has 0 aliphatic rings. The first-order valence-electron chi connectivity index (χ1n) is 5.48. The van der Waals surface area contributed by atoms with Gasteiger partial charge in [0.2, 0.25) is 0 Å². The van der Waals surface area contributed by atoms with E-state index in [9.17, 15) is 0 Å². The summed E-state index contributed by atoms with van der Waals surface area (Å²) in [5.74, 6) is 0. The van der Waals surface area contributed by atoms with E-state index in [0.29, 0.717) is 0 Å². The van der Waals surface area contributed by atoms with E-state index in [4.69, 9.17) is 0 Å². The first-order chi connectivity index (χ1) is 7.36. The normalized spacial score (nSPS) is 8.44. The summed E-state index contributed by atoms with van der Waals surface area (Å²) in [5.41, 5.74) is 3.87. The molecule has 82 valence electrons. The molecular formula is C15H18U. The van der Waals surface area contributed by atoms with Gasteiger partial charge in [-0.05, 0) is 18.1 Å². The fraction of sp³-hybridized carbons (Fsp3) is 0.200. The van der Waals surface area contributed by atoms with Crippen LogP contribution in [0.3, 0.4) is 0 Å². The third-order valence-electron chi connectivity index (χ3n) is 2.16. The summed E-state index contributed by atoms with van der Waals surface area (Å²) >= 11 is 0. The van der Waals surface area contributed by atoms with Gasteiger partial charge in [0, 0.05) is 31.1 Å². The van der Waals surface area contributed by atoms with Gasteiger partial charge in [-0.15, -0.1) is 0 Å². The fourth-order valence-corrected chi connectivity index (χ4v) is 1.38. The molecule has 2 aromatic carbocycles. The first kappa shape index (κ1) is 15.5. The van der Waals surface area contributed by atoms with E-state index in [-0.39, 0.29) is 31.1 Å². The minimum atomic E-state index is 0. The van der Waals surface area contributed by atoms with Crippen LogP contribution in [-0.2, 0) is 0 Å². The van der Waals surface area contributed by atoms with Crippen molar-refractivity contribution in [3.63, 3.8) is 0 Å². The van der Waals surface area contributed by atoms with Crippen LogP contribution in [0, 0.1) is 38.0 Å². The van der Waals surface area contributed by atoms with Crippen molar-refractivity contribution >= 4 is 0 Å². The molecule has 2 aromatic rings. The summed E-state index contributed by atoms with van der Waals surface area (Å²) < 4.78 is 0. The Kier molecular flexibility index (Phi) is 8.35.